The molecule has 1 saturated carbocycles. The van der Waals surface area contributed by atoms with Gasteiger partial charge in [-0.05, 0) is 41.7 Å². The first-order chi connectivity index (χ1) is 24.0. The predicted octanol–water partition coefficient (Wildman–Crippen LogP) is 1.32. The van der Waals surface area contributed by atoms with E-state index in [1.807, 2.05) is 30.3 Å². The molecule has 0 radical (unpaired) electrons. The largest absolute Gasteiger partial charge is 0.381 e. The highest BCUT2D eigenvalue weighted by Crippen LogP contribution is 2.32. The molecule has 3 fully saturated rings. The number of nitrogens with one attached hydrogen (secondary N) is 3. The molecule has 14 heteroatoms. The second-order valence-electron chi connectivity index (χ2n) is 13.6. The third kappa shape index (κ3) is 7.39. The molecule has 3 atom stereocenters. The summed E-state index contributed by atoms with van der Waals surface area (Å²) in [6.45, 7) is 0.119. The van der Waals surface area contributed by atoms with Crippen LogP contribution in [0.4, 0.5) is 0 Å². The molecular weight excluding hydrogens is 644 g/mol. The molecule has 5 N–H and O–H groups in total. The molecule has 2 aliphatic heterocycles. The van der Waals surface area contributed by atoms with E-state index >= 15 is 0 Å². The molecule has 14 nitrogen and oxygen atoms in total. The van der Waals surface area contributed by atoms with E-state index in [-0.39, 0.29) is 44.9 Å². The number of nitrogens with zero attached hydrogens (tertiary/aromatic N) is 2. The Balaban J connectivity index is 1.33. The molecule has 264 valence electrons. The van der Waals surface area contributed by atoms with Crippen LogP contribution in [0.3, 0.4) is 0 Å². The number of nitrogens with two attached hydrogens (primary N) is 1. The number of primary amides is 1. The van der Waals surface area contributed by atoms with Gasteiger partial charge in [-0.25, -0.2) is 4.79 Å². The van der Waals surface area contributed by atoms with E-state index < -0.39 is 64.3 Å². The summed E-state index contributed by atoms with van der Waals surface area (Å²) in [7, 11) is 0. The molecule has 1 aromatic heterocycles. The number of carbonyl (C=O) groups excluding carboxylic acids is 5. The summed E-state index contributed by atoms with van der Waals surface area (Å²) in [5, 5.41) is 7.54. The second-order valence-corrected chi connectivity index (χ2v) is 13.6. The average Bonchev–Trinajstić information content (AvgIpc) is 3.56. The fourth-order valence-electron chi connectivity index (χ4n) is 7.66. The molecule has 3 heterocycles. The lowest BCUT2D eigenvalue weighted by Gasteiger charge is -2.37. The summed E-state index contributed by atoms with van der Waals surface area (Å²) in [4.78, 5) is 95.9. The molecule has 3 aromatic rings. The standard InChI is InChI=1S/C36H42N6O8/c37-31(45)30(44)36(13-16-50-17-14-36)40-33(47)28-20-26(41-15-12-29(43)39-35(41)49)21-42(28)34(48)27(18-22-6-2-1-3-7-22)38-32(46)25-11-10-23-8-4-5-9-24(23)19-25/h4-5,8-12,15,19,22,26-28H,1-3,6-7,13-14,16-18,20-21H2,(H2,37,45)(H,38,46)(H,40,47)(H,39,43,49)/t26-,27?,28-/m0/s1. The molecular formula is C36H42N6O8. The molecule has 1 unspecified atom stereocenters. The normalized spacial score (nSPS) is 21.3. The van der Waals surface area contributed by atoms with Crippen LogP contribution in [0.15, 0.2) is 64.3 Å². The maximum absolute atomic E-state index is 14.7. The second kappa shape index (κ2) is 14.8. The molecule has 4 amide bonds. The summed E-state index contributed by atoms with van der Waals surface area (Å²) in [6.07, 6.45) is 6.57. The first-order valence-electron chi connectivity index (χ1n) is 17.2. The number of aromatic nitrogens is 2. The van der Waals surface area contributed by atoms with Crippen molar-refractivity contribution >= 4 is 40.2 Å². The number of rotatable bonds is 10. The minimum Gasteiger partial charge on any atom is -0.381 e. The van der Waals surface area contributed by atoms with Gasteiger partial charge in [-0.3, -0.25) is 38.3 Å². The Bertz CT molecular complexity index is 1910. The van der Waals surface area contributed by atoms with Gasteiger partial charge >= 0.3 is 5.69 Å². The first kappa shape index (κ1) is 34.7. The van der Waals surface area contributed by atoms with Crippen LogP contribution in [0.2, 0.25) is 0 Å². The Kier molecular flexibility index (Phi) is 10.3. The smallest absolute Gasteiger partial charge is 0.328 e. The minimum atomic E-state index is -1.62. The van der Waals surface area contributed by atoms with Gasteiger partial charge in [0.15, 0.2) is 0 Å². The predicted molar refractivity (Wildman–Crippen MR) is 182 cm³/mol. The fraction of sp³-hybridized carbons (Fsp3) is 0.472. The van der Waals surface area contributed by atoms with E-state index in [1.54, 1.807) is 12.1 Å². The van der Waals surface area contributed by atoms with Crippen LogP contribution in [0, 0.1) is 5.92 Å². The zero-order chi connectivity index (χ0) is 35.4. The number of carbonyl (C=O) groups is 5. The third-order valence-electron chi connectivity index (χ3n) is 10.4. The minimum absolute atomic E-state index is 0.0100. The molecule has 50 heavy (non-hydrogen) atoms. The molecule has 3 aliphatic rings. The molecule has 0 bridgehead atoms. The number of benzene rings is 2. The van der Waals surface area contributed by atoms with Gasteiger partial charge in [0.05, 0.1) is 6.04 Å². The number of amides is 4. The lowest BCUT2D eigenvalue weighted by Crippen LogP contribution is -2.64. The van der Waals surface area contributed by atoms with Crippen LogP contribution in [0.25, 0.3) is 10.8 Å². The van der Waals surface area contributed by atoms with Crippen LogP contribution >= 0.6 is 0 Å². The monoisotopic (exact) mass is 686 g/mol. The Labute approximate surface area is 287 Å². The van der Waals surface area contributed by atoms with Crippen molar-refractivity contribution in [3.8, 4) is 0 Å². The number of hydrogen-bond donors (Lipinski definition) is 4. The highest BCUT2D eigenvalue weighted by Gasteiger charge is 2.49. The van der Waals surface area contributed by atoms with Crippen LogP contribution in [-0.4, -0.2) is 81.2 Å². The SMILES string of the molecule is NC(=O)C(=O)C1(NC(=O)[C@@H]2C[C@H](n3ccc(=O)[nH]c3=O)CN2C(=O)C(CC2CCCCC2)NC(=O)c2ccc3ccccc3c2)CCOCC1. The van der Waals surface area contributed by atoms with Gasteiger partial charge < -0.3 is 26.0 Å². The summed E-state index contributed by atoms with van der Waals surface area (Å²) >= 11 is 0. The number of hydrogen-bond acceptors (Lipinski definition) is 8. The highest BCUT2D eigenvalue weighted by molar-refractivity contribution is 6.39. The number of likely N-dealkylation sites (tertiary alicyclic amines) is 1. The quantitative estimate of drug-likeness (QED) is 0.229. The van der Waals surface area contributed by atoms with Crippen LogP contribution in [0.5, 0.6) is 0 Å². The van der Waals surface area contributed by atoms with Crippen molar-refractivity contribution in [2.24, 2.45) is 11.7 Å². The van der Waals surface area contributed by atoms with E-state index in [2.05, 4.69) is 15.6 Å². The Morgan fingerprint density at radius 2 is 1.68 bits per heavy atom. The number of aromatic amines is 1. The number of Topliss-reactive ketones (excluding diaryl/α,β-unsaturated/α-hetero) is 1. The third-order valence-corrected chi connectivity index (χ3v) is 10.4. The Hall–Kier alpha value is -5.11. The molecule has 0 spiro atoms. The van der Waals surface area contributed by atoms with Crippen molar-refractivity contribution in [1.29, 1.82) is 0 Å². The number of ether oxygens (including phenoxy) is 1. The van der Waals surface area contributed by atoms with Crippen LogP contribution in [-0.2, 0) is 23.9 Å². The van der Waals surface area contributed by atoms with E-state index in [1.165, 1.54) is 21.7 Å². The van der Waals surface area contributed by atoms with Gasteiger partial charge in [0.25, 0.3) is 17.4 Å². The van der Waals surface area contributed by atoms with Crippen molar-refractivity contribution in [1.82, 2.24) is 25.1 Å². The summed E-state index contributed by atoms with van der Waals surface area (Å²) in [6, 6.07) is 11.2. The lowest BCUT2D eigenvalue weighted by molar-refractivity contribution is -0.147. The maximum Gasteiger partial charge on any atom is 0.328 e. The zero-order valence-corrected chi connectivity index (χ0v) is 27.7. The molecule has 6 rings (SSSR count). The van der Waals surface area contributed by atoms with E-state index in [0.29, 0.717) is 12.0 Å². The van der Waals surface area contributed by atoms with Crippen LogP contribution < -0.4 is 27.6 Å². The summed E-state index contributed by atoms with van der Waals surface area (Å²) in [5.41, 5.74) is 2.85. The molecule has 1 aliphatic carbocycles. The lowest BCUT2D eigenvalue weighted by atomic mass is 9.84. The van der Waals surface area contributed by atoms with Crippen molar-refractivity contribution in [3.05, 3.63) is 81.1 Å². The van der Waals surface area contributed by atoms with Gasteiger partial charge in [0.1, 0.15) is 17.6 Å². The zero-order valence-electron chi connectivity index (χ0n) is 27.7. The average molecular weight is 687 g/mol. The first-order valence-corrected chi connectivity index (χ1v) is 17.2. The summed E-state index contributed by atoms with van der Waals surface area (Å²) in [5.74, 6) is -3.64. The topological polar surface area (TPSA) is 203 Å². The fourth-order valence-corrected chi connectivity index (χ4v) is 7.66. The van der Waals surface area contributed by atoms with Crippen molar-refractivity contribution in [2.75, 3.05) is 19.8 Å². The summed E-state index contributed by atoms with van der Waals surface area (Å²) < 4.78 is 6.65. The van der Waals surface area contributed by atoms with Crippen molar-refractivity contribution in [3.63, 3.8) is 0 Å². The number of fused-ring (bicyclic) bond motifs is 1. The Morgan fingerprint density at radius 1 is 0.960 bits per heavy atom. The Morgan fingerprint density at radius 3 is 2.38 bits per heavy atom. The van der Waals surface area contributed by atoms with E-state index in [9.17, 15) is 33.6 Å². The number of ketones is 1. The van der Waals surface area contributed by atoms with Crippen molar-refractivity contribution in [2.45, 2.75) is 81.5 Å². The molecule has 2 aromatic carbocycles. The van der Waals surface area contributed by atoms with Crippen LogP contribution in [0.1, 0.15) is 74.2 Å². The van der Waals surface area contributed by atoms with Crippen molar-refractivity contribution < 1.29 is 28.7 Å². The van der Waals surface area contributed by atoms with E-state index in [0.717, 1.165) is 42.9 Å². The highest BCUT2D eigenvalue weighted by atomic mass is 16.5. The van der Waals surface area contributed by atoms with Gasteiger partial charge in [-0.1, -0.05) is 62.4 Å². The number of H-pyrrole nitrogens is 1. The maximum atomic E-state index is 14.7. The van der Waals surface area contributed by atoms with Gasteiger partial charge in [-0.15, -0.1) is 0 Å². The van der Waals surface area contributed by atoms with Gasteiger partial charge in [-0.2, -0.15) is 0 Å². The van der Waals surface area contributed by atoms with Gasteiger partial charge in [0, 0.05) is 50.4 Å². The van der Waals surface area contributed by atoms with Gasteiger partial charge in [0.2, 0.25) is 17.6 Å². The van der Waals surface area contributed by atoms with E-state index in [4.69, 9.17) is 10.5 Å². The molecule has 2 saturated heterocycles.